The quantitative estimate of drug-likeness (QED) is 0.497. The minimum Gasteiger partial charge on any atom is -0.310 e. The molecule has 1 atom stereocenters. The van der Waals surface area contributed by atoms with Gasteiger partial charge in [-0.25, -0.2) is 19.2 Å². The molecule has 3 N–H and O–H groups in total. The van der Waals surface area contributed by atoms with Crippen LogP contribution in [0.4, 0.5) is 20.7 Å². The number of carbonyl (C=O) groups is 1. The molecule has 0 aliphatic rings. The van der Waals surface area contributed by atoms with Gasteiger partial charge in [-0.15, -0.1) is 0 Å². The fraction of sp³-hybridized carbons (Fsp3) is 0.182. The molecule has 0 saturated heterocycles. The summed E-state index contributed by atoms with van der Waals surface area (Å²) in [6.45, 7) is 2.70. The summed E-state index contributed by atoms with van der Waals surface area (Å²) >= 11 is 6.36. The minimum atomic E-state index is -0.502. The number of halogens is 2. The highest BCUT2D eigenvalue weighted by molar-refractivity contribution is 6.31. The van der Waals surface area contributed by atoms with Gasteiger partial charge >= 0.3 is 6.03 Å². The van der Waals surface area contributed by atoms with Gasteiger partial charge in [-0.05, 0) is 55.3 Å². The predicted molar refractivity (Wildman–Crippen MR) is 117 cm³/mol. The van der Waals surface area contributed by atoms with Crippen molar-refractivity contribution < 1.29 is 9.18 Å². The Morgan fingerprint density at radius 3 is 2.58 bits per heavy atom. The summed E-state index contributed by atoms with van der Waals surface area (Å²) < 4.78 is 13.0. The predicted octanol–water partition coefficient (Wildman–Crippen LogP) is 4.68. The third-order valence-corrected chi connectivity index (χ3v) is 4.89. The van der Waals surface area contributed by atoms with Gasteiger partial charge in [-0.1, -0.05) is 29.8 Å². The van der Waals surface area contributed by atoms with Gasteiger partial charge in [0.2, 0.25) is 0 Å². The summed E-state index contributed by atoms with van der Waals surface area (Å²) in [4.78, 5) is 19.9. The van der Waals surface area contributed by atoms with Crippen LogP contribution in [-0.4, -0.2) is 22.5 Å². The van der Waals surface area contributed by atoms with E-state index in [0.717, 1.165) is 11.1 Å². The molecule has 2 amide bonds. The van der Waals surface area contributed by atoms with Crippen LogP contribution in [0, 0.1) is 17.1 Å². The van der Waals surface area contributed by atoms with Crippen LogP contribution in [0.5, 0.6) is 0 Å². The van der Waals surface area contributed by atoms with Crippen LogP contribution < -0.4 is 16.0 Å². The molecule has 0 radical (unpaired) electrons. The second-order valence-electron chi connectivity index (χ2n) is 6.76. The molecule has 0 saturated carbocycles. The number of benzene rings is 2. The van der Waals surface area contributed by atoms with Gasteiger partial charge in [-0.2, -0.15) is 5.26 Å². The average molecular weight is 439 g/mol. The molecular weight excluding hydrogens is 419 g/mol. The molecule has 3 aromatic rings. The highest BCUT2D eigenvalue weighted by Crippen LogP contribution is 2.22. The Morgan fingerprint density at radius 2 is 1.94 bits per heavy atom. The molecule has 1 heterocycles. The molecule has 0 spiro atoms. The van der Waals surface area contributed by atoms with Crippen molar-refractivity contribution in [3.63, 3.8) is 0 Å². The molecule has 7 nitrogen and oxygen atoms in total. The second kappa shape index (κ2) is 10.5. The van der Waals surface area contributed by atoms with Crippen molar-refractivity contribution in [2.45, 2.75) is 19.4 Å². The normalized spacial score (nSPS) is 11.4. The maximum Gasteiger partial charge on any atom is 0.324 e. The van der Waals surface area contributed by atoms with E-state index in [0.29, 0.717) is 23.7 Å². The fourth-order valence-electron chi connectivity index (χ4n) is 2.85. The molecule has 0 unspecified atom stereocenters. The fourth-order valence-corrected chi connectivity index (χ4v) is 3.12. The van der Waals surface area contributed by atoms with E-state index in [1.807, 2.05) is 19.1 Å². The molecule has 1 aromatic heterocycles. The zero-order chi connectivity index (χ0) is 22.2. The number of nitriles is 1. The number of amides is 2. The van der Waals surface area contributed by atoms with Gasteiger partial charge in [0.1, 0.15) is 11.9 Å². The zero-order valence-electron chi connectivity index (χ0n) is 16.7. The molecule has 0 fully saturated rings. The number of hydrogen-bond donors (Lipinski definition) is 3. The number of hydrogen-bond acceptors (Lipinski definition) is 5. The Bertz CT molecular complexity index is 1080. The first kappa shape index (κ1) is 22.2. The summed E-state index contributed by atoms with van der Waals surface area (Å²) in [5, 5.41) is 17.8. The summed E-state index contributed by atoms with van der Waals surface area (Å²) in [5.41, 5.74) is 2.63. The van der Waals surface area contributed by atoms with Crippen LogP contribution in [-0.2, 0) is 6.42 Å². The molecule has 9 heteroatoms. The maximum atomic E-state index is 13.0. The molecule has 0 aliphatic carbocycles. The van der Waals surface area contributed by atoms with Gasteiger partial charge < -0.3 is 10.6 Å². The third kappa shape index (κ3) is 6.47. The standard InChI is InChI=1S/C22H20ClFN6O/c1-14(15-2-5-17(24)6-3-15)26-9-8-16-4-7-18(10-20(16)23)29-22(31)30-21-13-27-19(11-25)12-28-21/h2-7,10,12-14,26H,8-9H2,1H3,(H2,28,29,30,31)/t14-/m0/s1. The third-order valence-electron chi connectivity index (χ3n) is 4.53. The van der Waals surface area contributed by atoms with Crippen LogP contribution in [0.25, 0.3) is 0 Å². The Kier molecular flexibility index (Phi) is 7.49. The van der Waals surface area contributed by atoms with E-state index < -0.39 is 6.03 Å². The topological polar surface area (TPSA) is 103 Å². The van der Waals surface area contributed by atoms with Crippen molar-refractivity contribution in [1.29, 1.82) is 5.26 Å². The Hall–Kier alpha value is -3.54. The lowest BCUT2D eigenvalue weighted by molar-refractivity contribution is 0.262. The summed E-state index contributed by atoms with van der Waals surface area (Å²) in [6, 6.07) is 13.1. The first-order chi connectivity index (χ1) is 14.9. The first-order valence-corrected chi connectivity index (χ1v) is 9.90. The van der Waals surface area contributed by atoms with Crippen molar-refractivity contribution in [3.05, 3.63) is 82.5 Å². The SMILES string of the molecule is C[C@H](NCCc1ccc(NC(=O)Nc2cnc(C#N)cn2)cc1Cl)c1ccc(F)cc1. The lowest BCUT2D eigenvalue weighted by atomic mass is 10.1. The number of rotatable bonds is 7. The minimum absolute atomic E-state index is 0.0781. The number of carbonyl (C=O) groups excluding carboxylic acids is 1. The van der Waals surface area contributed by atoms with Crippen LogP contribution in [0.15, 0.2) is 54.9 Å². The van der Waals surface area contributed by atoms with Crippen LogP contribution in [0.2, 0.25) is 5.02 Å². The largest absolute Gasteiger partial charge is 0.324 e. The van der Waals surface area contributed by atoms with Gasteiger partial charge in [0.15, 0.2) is 11.5 Å². The second-order valence-corrected chi connectivity index (χ2v) is 7.17. The number of nitrogens with one attached hydrogen (secondary N) is 3. The maximum absolute atomic E-state index is 13.0. The summed E-state index contributed by atoms with van der Waals surface area (Å²) in [5.74, 6) is -0.0319. The van der Waals surface area contributed by atoms with Gasteiger partial charge in [0.05, 0.1) is 12.4 Å². The summed E-state index contributed by atoms with van der Waals surface area (Å²) in [7, 11) is 0. The van der Waals surface area contributed by atoms with E-state index in [4.69, 9.17) is 16.9 Å². The molecule has 3 rings (SSSR count). The summed E-state index contributed by atoms with van der Waals surface area (Å²) in [6.07, 6.45) is 3.26. The van der Waals surface area contributed by atoms with Gasteiger partial charge in [0.25, 0.3) is 0 Å². The highest BCUT2D eigenvalue weighted by Gasteiger charge is 2.09. The number of nitrogens with zero attached hydrogens (tertiary/aromatic N) is 3. The monoisotopic (exact) mass is 438 g/mol. The first-order valence-electron chi connectivity index (χ1n) is 9.52. The van der Waals surface area contributed by atoms with E-state index in [-0.39, 0.29) is 23.4 Å². The molecule has 2 aromatic carbocycles. The van der Waals surface area contributed by atoms with Crippen molar-refractivity contribution in [2.24, 2.45) is 0 Å². The Labute approximate surface area is 184 Å². The molecule has 158 valence electrons. The van der Waals surface area contributed by atoms with Crippen molar-refractivity contribution in [3.8, 4) is 6.07 Å². The average Bonchev–Trinajstić information content (AvgIpc) is 2.76. The van der Waals surface area contributed by atoms with Gasteiger partial charge in [-0.3, -0.25) is 5.32 Å². The molecule has 0 aliphatic heterocycles. The number of anilines is 2. The van der Waals surface area contributed by atoms with E-state index >= 15 is 0 Å². The zero-order valence-corrected chi connectivity index (χ0v) is 17.4. The lowest BCUT2D eigenvalue weighted by Gasteiger charge is -2.15. The van der Waals surface area contributed by atoms with Crippen molar-refractivity contribution in [1.82, 2.24) is 15.3 Å². The number of urea groups is 1. The van der Waals surface area contributed by atoms with E-state index in [1.165, 1.54) is 24.5 Å². The van der Waals surface area contributed by atoms with E-state index in [2.05, 4.69) is 25.9 Å². The Balaban J connectivity index is 1.50. The van der Waals surface area contributed by atoms with E-state index in [9.17, 15) is 9.18 Å². The smallest absolute Gasteiger partial charge is 0.310 e. The molecule has 31 heavy (non-hydrogen) atoms. The highest BCUT2D eigenvalue weighted by atomic mass is 35.5. The van der Waals surface area contributed by atoms with E-state index in [1.54, 1.807) is 24.3 Å². The molecule has 0 bridgehead atoms. The lowest BCUT2D eigenvalue weighted by Crippen LogP contribution is -2.21. The van der Waals surface area contributed by atoms with Crippen LogP contribution in [0.1, 0.15) is 29.8 Å². The molecular formula is C22H20ClFN6O. The van der Waals surface area contributed by atoms with Crippen LogP contribution in [0.3, 0.4) is 0 Å². The van der Waals surface area contributed by atoms with Gasteiger partial charge in [0, 0.05) is 16.8 Å². The van der Waals surface area contributed by atoms with Crippen molar-refractivity contribution >= 4 is 29.1 Å². The number of aromatic nitrogens is 2. The Morgan fingerprint density at radius 1 is 1.16 bits per heavy atom. The van der Waals surface area contributed by atoms with Crippen LogP contribution >= 0.6 is 11.6 Å². The van der Waals surface area contributed by atoms with Crippen molar-refractivity contribution in [2.75, 3.05) is 17.2 Å².